The van der Waals surface area contributed by atoms with Gasteiger partial charge in [0.1, 0.15) is 0 Å². The van der Waals surface area contributed by atoms with E-state index in [1.165, 1.54) is 0 Å². The zero-order chi connectivity index (χ0) is 19.3. The van der Waals surface area contributed by atoms with Gasteiger partial charge in [-0.15, -0.1) is 0 Å². The van der Waals surface area contributed by atoms with Gasteiger partial charge in [-0.05, 0) is 37.2 Å². The summed E-state index contributed by atoms with van der Waals surface area (Å²) in [4.78, 5) is 19.3. The Morgan fingerprint density at radius 1 is 1.21 bits per heavy atom. The number of carbonyl (C=O) groups excluding carboxylic acids is 1. The van der Waals surface area contributed by atoms with Crippen molar-refractivity contribution in [2.24, 2.45) is 0 Å². The molecule has 0 atom stereocenters. The summed E-state index contributed by atoms with van der Waals surface area (Å²) < 4.78 is 8.40. The van der Waals surface area contributed by atoms with E-state index in [1.807, 2.05) is 29.0 Å². The molecule has 4 rings (SSSR count). The molecule has 0 bridgehead atoms. The smallest absolute Gasteiger partial charge is 0.254 e. The van der Waals surface area contributed by atoms with Gasteiger partial charge in [0, 0.05) is 48.1 Å². The fourth-order valence-electron chi connectivity index (χ4n) is 3.51. The van der Waals surface area contributed by atoms with Gasteiger partial charge in [0.05, 0.1) is 30.0 Å². The van der Waals surface area contributed by atoms with Crippen LogP contribution in [0.1, 0.15) is 16.8 Å². The molecule has 7 heteroatoms. The minimum absolute atomic E-state index is 0.0954. The van der Waals surface area contributed by atoms with Crippen LogP contribution in [0.25, 0.3) is 16.6 Å². The average molecular weight is 443 g/mol. The first-order valence-electron chi connectivity index (χ1n) is 9.52. The molecule has 6 nitrogen and oxygen atoms in total. The van der Waals surface area contributed by atoms with Crippen LogP contribution in [0.3, 0.4) is 0 Å². The summed E-state index contributed by atoms with van der Waals surface area (Å²) in [5.74, 6) is -0.0954. The van der Waals surface area contributed by atoms with Crippen LogP contribution in [0.2, 0.25) is 0 Å². The lowest BCUT2D eigenvalue weighted by atomic mass is 10.2. The van der Waals surface area contributed by atoms with Gasteiger partial charge in [0.25, 0.3) is 5.91 Å². The molecule has 0 aliphatic carbocycles. The number of aromatic nitrogens is 2. The second-order valence-corrected chi connectivity index (χ2v) is 7.76. The first kappa shape index (κ1) is 19.1. The van der Waals surface area contributed by atoms with Crippen LogP contribution in [0.15, 0.2) is 53.4 Å². The number of rotatable bonds is 6. The number of pyridine rings is 1. The van der Waals surface area contributed by atoms with Crippen molar-refractivity contribution in [3.63, 3.8) is 0 Å². The van der Waals surface area contributed by atoms with Crippen molar-refractivity contribution in [3.8, 4) is 5.69 Å². The number of halogens is 1. The maximum Gasteiger partial charge on any atom is 0.254 e. The normalized spacial score (nSPS) is 15.0. The van der Waals surface area contributed by atoms with Crippen molar-refractivity contribution in [1.82, 2.24) is 19.8 Å². The number of fused-ring (bicyclic) bond motifs is 1. The van der Waals surface area contributed by atoms with E-state index in [9.17, 15) is 4.79 Å². The van der Waals surface area contributed by atoms with Crippen molar-refractivity contribution >= 4 is 32.7 Å². The zero-order valence-corrected chi connectivity index (χ0v) is 17.2. The highest BCUT2D eigenvalue weighted by Crippen LogP contribution is 2.25. The highest BCUT2D eigenvalue weighted by atomic mass is 79.9. The molecule has 1 amide bonds. The molecular formula is C21H23BrN4O2. The molecule has 0 unspecified atom stereocenters. The molecule has 3 heterocycles. The minimum Gasteiger partial charge on any atom is -0.379 e. The van der Waals surface area contributed by atoms with Gasteiger partial charge in [0.2, 0.25) is 0 Å². The molecule has 3 aromatic rings. The number of nitrogens with zero attached hydrogens (tertiary/aromatic N) is 3. The van der Waals surface area contributed by atoms with Crippen molar-refractivity contribution in [2.45, 2.75) is 6.42 Å². The van der Waals surface area contributed by atoms with Crippen molar-refractivity contribution < 1.29 is 9.53 Å². The first-order valence-corrected chi connectivity index (χ1v) is 10.3. The van der Waals surface area contributed by atoms with E-state index in [-0.39, 0.29) is 5.91 Å². The van der Waals surface area contributed by atoms with E-state index in [0.717, 1.165) is 60.3 Å². The molecule has 28 heavy (non-hydrogen) atoms. The molecule has 146 valence electrons. The largest absolute Gasteiger partial charge is 0.379 e. The van der Waals surface area contributed by atoms with E-state index in [1.54, 1.807) is 12.4 Å². The fraction of sp³-hybridized carbons (Fsp3) is 0.333. The number of nitrogens with one attached hydrogen (secondary N) is 1. The van der Waals surface area contributed by atoms with Crippen LogP contribution in [0.4, 0.5) is 0 Å². The third-order valence-electron chi connectivity index (χ3n) is 5.00. The predicted molar refractivity (Wildman–Crippen MR) is 113 cm³/mol. The lowest BCUT2D eigenvalue weighted by molar-refractivity contribution is 0.0374. The highest BCUT2D eigenvalue weighted by Gasteiger charge is 2.15. The topological polar surface area (TPSA) is 59.4 Å². The predicted octanol–water partition coefficient (Wildman–Crippen LogP) is 3.24. The summed E-state index contributed by atoms with van der Waals surface area (Å²) in [6, 6.07) is 10.1. The third-order valence-corrected chi connectivity index (χ3v) is 5.49. The lowest BCUT2D eigenvalue weighted by Crippen LogP contribution is -2.38. The SMILES string of the molecule is O=C(NCCCN1CCOCC1)c1cnccc1-n1ccc2ccc(Br)cc21. The third kappa shape index (κ3) is 4.27. The van der Waals surface area contributed by atoms with Crippen molar-refractivity contribution in [1.29, 1.82) is 0 Å². The lowest BCUT2D eigenvalue weighted by Gasteiger charge is -2.26. The Bertz CT molecular complexity index is 966. The van der Waals surface area contributed by atoms with Crippen LogP contribution in [-0.4, -0.2) is 59.8 Å². The number of benzene rings is 1. The number of ether oxygens (including phenoxy) is 1. The Morgan fingerprint density at radius 3 is 2.93 bits per heavy atom. The van der Waals surface area contributed by atoms with Gasteiger partial charge in [-0.1, -0.05) is 22.0 Å². The monoisotopic (exact) mass is 442 g/mol. The van der Waals surface area contributed by atoms with Gasteiger partial charge >= 0.3 is 0 Å². The summed E-state index contributed by atoms with van der Waals surface area (Å²) in [6.45, 7) is 5.15. The van der Waals surface area contributed by atoms with Crippen LogP contribution < -0.4 is 5.32 Å². The molecule has 1 fully saturated rings. The Labute approximate surface area is 172 Å². The second kappa shape index (κ2) is 8.86. The number of carbonyl (C=O) groups is 1. The minimum atomic E-state index is -0.0954. The molecular weight excluding hydrogens is 420 g/mol. The van der Waals surface area contributed by atoms with E-state index < -0.39 is 0 Å². The van der Waals surface area contributed by atoms with Crippen molar-refractivity contribution in [3.05, 3.63) is 59.0 Å². The van der Waals surface area contributed by atoms with Crippen LogP contribution in [0.5, 0.6) is 0 Å². The number of amides is 1. The summed E-state index contributed by atoms with van der Waals surface area (Å²) in [7, 11) is 0. The first-order chi connectivity index (χ1) is 13.7. The van der Waals surface area contributed by atoms with Crippen LogP contribution in [0, 0.1) is 0 Å². The number of hydrogen-bond donors (Lipinski definition) is 1. The van der Waals surface area contributed by atoms with Gasteiger partial charge in [-0.2, -0.15) is 0 Å². The van der Waals surface area contributed by atoms with E-state index in [4.69, 9.17) is 4.74 Å². The van der Waals surface area contributed by atoms with Gasteiger partial charge < -0.3 is 14.6 Å². The average Bonchev–Trinajstić information content (AvgIpc) is 3.14. The molecule has 1 N–H and O–H groups in total. The molecule has 1 saturated heterocycles. The quantitative estimate of drug-likeness (QED) is 0.595. The summed E-state index contributed by atoms with van der Waals surface area (Å²) in [6.07, 6.45) is 6.26. The molecule has 1 aliphatic heterocycles. The van der Waals surface area contributed by atoms with Gasteiger partial charge in [-0.25, -0.2) is 0 Å². The standard InChI is InChI=1S/C21H23BrN4O2/c22-17-3-2-16-5-9-26(20(16)14-17)19-4-7-23-15-18(19)21(27)24-6-1-8-25-10-12-28-13-11-25/h2-5,7,9,14-15H,1,6,8,10-13H2,(H,24,27). The van der Waals surface area contributed by atoms with E-state index in [2.05, 4.69) is 43.3 Å². The Kier molecular flexibility index (Phi) is 6.04. The Balaban J connectivity index is 1.46. The summed E-state index contributed by atoms with van der Waals surface area (Å²) in [5.41, 5.74) is 2.45. The van der Waals surface area contributed by atoms with E-state index >= 15 is 0 Å². The van der Waals surface area contributed by atoms with Gasteiger partial charge in [-0.3, -0.25) is 14.7 Å². The second-order valence-electron chi connectivity index (χ2n) is 6.85. The Hall–Kier alpha value is -2.22. The number of morpholine rings is 1. The molecule has 0 radical (unpaired) electrons. The highest BCUT2D eigenvalue weighted by molar-refractivity contribution is 9.10. The summed E-state index contributed by atoms with van der Waals surface area (Å²) >= 11 is 3.53. The number of hydrogen-bond acceptors (Lipinski definition) is 4. The molecule has 1 aliphatic rings. The molecule has 0 spiro atoms. The van der Waals surface area contributed by atoms with Crippen LogP contribution >= 0.6 is 15.9 Å². The maximum absolute atomic E-state index is 12.8. The summed E-state index contributed by atoms with van der Waals surface area (Å²) in [5, 5.41) is 4.16. The van der Waals surface area contributed by atoms with Crippen molar-refractivity contribution in [2.75, 3.05) is 39.4 Å². The van der Waals surface area contributed by atoms with Crippen LogP contribution in [-0.2, 0) is 4.74 Å². The van der Waals surface area contributed by atoms with Gasteiger partial charge in [0.15, 0.2) is 0 Å². The molecule has 0 saturated carbocycles. The van der Waals surface area contributed by atoms with E-state index in [0.29, 0.717) is 12.1 Å². The zero-order valence-electron chi connectivity index (χ0n) is 15.6. The Morgan fingerprint density at radius 2 is 2.07 bits per heavy atom. The maximum atomic E-state index is 12.8. The fourth-order valence-corrected chi connectivity index (χ4v) is 3.86. The molecule has 2 aromatic heterocycles. The molecule has 1 aromatic carbocycles.